The van der Waals surface area contributed by atoms with Gasteiger partial charge in [0, 0.05) is 19.6 Å². The van der Waals surface area contributed by atoms with Gasteiger partial charge >= 0.3 is 5.97 Å². The lowest BCUT2D eigenvalue weighted by Crippen LogP contribution is -2.55. The largest absolute Gasteiger partial charge is 0.480 e. The highest BCUT2D eigenvalue weighted by atomic mass is 16.4. The maximum atomic E-state index is 11.3. The standard InChI is InChI=1S/C18H20N2O2/c21-18(22)16-13-20(12-11-19-16)17(14-7-3-1-4-8-14)15-9-5-2-6-10-15/h1-10,16-17,19H,11-13H2,(H,21,22). The van der Waals surface area contributed by atoms with Crippen LogP contribution in [0.2, 0.25) is 0 Å². The summed E-state index contributed by atoms with van der Waals surface area (Å²) >= 11 is 0. The Morgan fingerprint density at radius 3 is 2.09 bits per heavy atom. The van der Waals surface area contributed by atoms with Crippen LogP contribution in [0.5, 0.6) is 0 Å². The molecule has 1 unspecified atom stereocenters. The third-order valence-corrected chi connectivity index (χ3v) is 4.10. The van der Waals surface area contributed by atoms with Gasteiger partial charge in [0.15, 0.2) is 0 Å². The van der Waals surface area contributed by atoms with Gasteiger partial charge in [-0.25, -0.2) is 0 Å². The first kappa shape index (κ1) is 14.8. The van der Waals surface area contributed by atoms with E-state index in [0.29, 0.717) is 13.1 Å². The molecule has 0 amide bonds. The molecule has 1 aliphatic heterocycles. The van der Waals surface area contributed by atoms with Gasteiger partial charge in [-0.3, -0.25) is 9.69 Å². The molecule has 0 spiro atoms. The zero-order chi connectivity index (χ0) is 15.4. The average molecular weight is 296 g/mol. The molecule has 2 N–H and O–H groups in total. The molecule has 1 fully saturated rings. The summed E-state index contributed by atoms with van der Waals surface area (Å²) < 4.78 is 0. The fourth-order valence-electron chi connectivity index (χ4n) is 3.06. The summed E-state index contributed by atoms with van der Waals surface area (Å²) in [5.74, 6) is -0.787. The second kappa shape index (κ2) is 6.73. The van der Waals surface area contributed by atoms with E-state index in [1.165, 1.54) is 11.1 Å². The minimum atomic E-state index is -0.787. The highest BCUT2D eigenvalue weighted by Gasteiger charge is 2.30. The summed E-state index contributed by atoms with van der Waals surface area (Å²) in [7, 11) is 0. The van der Waals surface area contributed by atoms with Crippen molar-refractivity contribution in [3.63, 3.8) is 0 Å². The molecule has 0 saturated carbocycles. The van der Waals surface area contributed by atoms with E-state index >= 15 is 0 Å². The summed E-state index contributed by atoms with van der Waals surface area (Å²) in [6.45, 7) is 2.02. The van der Waals surface area contributed by atoms with Crippen molar-refractivity contribution in [2.45, 2.75) is 12.1 Å². The molecule has 0 aromatic heterocycles. The van der Waals surface area contributed by atoms with Crippen molar-refractivity contribution in [3.05, 3.63) is 71.8 Å². The number of benzene rings is 2. The second-order valence-electron chi connectivity index (χ2n) is 5.56. The van der Waals surface area contributed by atoms with E-state index in [9.17, 15) is 9.90 Å². The van der Waals surface area contributed by atoms with Gasteiger partial charge in [0.25, 0.3) is 0 Å². The number of hydrogen-bond donors (Lipinski definition) is 2. The highest BCUT2D eigenvalue weighted by Crippen LogP contribution is 2.29. The third-order valence-electron chi connectivity index (χ3n) is 4.10. The van der Waals surface area contributed by atoms with Crippen LogP contribution in [0, 0.1) is 0 Å². The van der Waals surface area contributed by atoms with Crippen LogP contribution in [0.15, 0.2) is 60.7 Å². The number of piperazine rings is 1. The van der Waals surface area contributed by atoms with Gasteiger partial charge in [-0.1, -0.05) is 60.7 Å². The van der Waals surface area contributed by atoms with Crippen LogP contribution in [0.4, 0.5) is 0 Å². The van der Waals surface area contributed by atoms with E-state index in [0.717, 1.165) is 6.54 Å². The Bertz CT molecular complexity index is 576. The third kappa shape index (κ3) is 3.18. The van der Waals surface area contributed by atoms with Crippen molar-refractivity contribution in [1.82, 2.24) is 10.2 Å². The predicted octanol–water partition coefficient (Wildman–Crippen LogP) is 2.13. The van der Waals surface area contributed by atoms with Crippen molar-refractivity contribution < 1.29 is 9.90 Å². The first-order valence-corrected chi connectivity index (χ1v) is 7.56. The van der Waals surface area contributed by atoms with Crippen LogP contribution < -0.4 is 5.32 Å². The minimum absolute atomic E-state index is 0.0892. The molecule has 0 aliphatic carbocycles. The Kier molecular flexibility index (Phi) is 4.51. The van der Waals surface area contributed by atoms with Crippen molar-refractivity contribution in [3.8, 4) is 0 Å². The van der Waals surface area contributed by atoms with Gasteiger partial charge in [-0.15, -0.1) is 0 Å². The molecule has 2 aromatic rings. The molecule has 4 nitrogen and oxygen atoms in total. The van der Waals surface area contributed by atoms with E-state index < -0.39 is 12.0 Å². The zero-order valence-electron chi connectivity index (χ0n) is 12.4. The molecule has 0 radical (unpaired) electrons. The molecule has 3 rings (SSSR count). The molecular formula is C18H20N2O2. The van der Waals surface area contributed by atoms with Crippen LogP contribution in [0.1, 0.15) is 17.2 Å². The number of aliphatic carboxylic acids is 1. The number of nitrogens with one attached hydrogen (secondary N) is 1. The van der Waals surface area contributed by atoms with Gasteiger partial charge in [0.05, 0.1) is 6.04 Å². The van der Waals surface area contributed by atoms with Gasteiger partial charge < -0.3 is 10.4 Å². The van der Waals surface area contributed by atoms with Crippen LogP contribution in [0.3, 0.4) is 0 Å². The Balaban J connectivity index is 1.94. The molecule has 22 heavy (non-hydrogen) atoms. The number of rotatable bonds is 4. The molecular weight excluding hydrogens is 276 g/mol. The smallest absolute Gasteiger partial charge is 0.322 e. The number of hydrogen-bond acceptors (Lipinski definition) is 3. The molecule has 1 aliphatic rings. The maximum Gasteiger partial charge on any atom is 0.322 e. The van der Waals surface area contributed by atoms with Crippen LogP contribution in [-0.4, -0.2) is 41.7 Å². The Hall–Kier alpha value is -2.17. The average Bonchev–Trinajstić information content (AvgIpc) is 2.57. The van der Waals surface area contributed by atoms with E-state index in [2.05, 4.69) is 34.5 Å². The lowest BCUT2D eigenvalue weighted by molar-refractivity contribution is -0.140. The van der Waals surface area contributed by atoms with Gasteiger partial charge in [0.2, 0.25) is 0 Å². The summed E-state index contributed by atoms with van der Waals surface area (Å²) in [5, 5.41) is 12.4. The van der Waals surface area contributed by atoms with E-state index in [-0.39, 0.29) is 6.04 Å². The van der Waals surface area contributed by atoms with E-state index in [1.54, 1.807) is 0 Å². The molecule has 114 valence electrons. The second-order valence-corrected chi connectivity index (χ2v) is 5.56. The predicted molar refractivity (Wildman–Crippen MR) is 85.7 cm³/mol. The minimum Gasteiger partial charge on any atom is -0.480 e. The lowest BCUT2D eigenvalue weighted by Gasteiger charge is -2.38. The summed E-state index contributed by atoms with van der Waals surface area (Å²) in [6, 6.07) is 20.1. The summed E-state index contributed by atoms with van der Waals surface area (Å²) in [6.07, 6.45) is 0. The fourth-order valence-corrected chi connectivity index (χ4v) is 3.06. The summed E-state index contributed by atoms with van der Waals surface area (Å²) in [4.78, 5) is 13.6. The first-order chi connectivity index (χ1) is 10.8. The van der Waals surface area contributed by atoms with E-state index in [1.807, 2.05) is 36.4 Å². The topological polar surface area (TPSA) is 52.6 Å². The van der Waals surface area contributed by atoms with Crippen molar-refractivity contribution in [2.75, 3.05) is 19.6 Å². The van der Waals surface area contributed by atoms with Gasteiger partial charge in [-0.2, -0.15) is 0 Å². The van der Waals surface area contributed by atoms with Crippen molar-refractivity contribution in [2.24, 2.45) is 0 Å². The SMILES string of the molecule is O=C(O)C1CN(C(c2ccccc2)c2ccccc2)CCN1. The first-order valence-electron chi connectivity index (χ1n) is 7.56. The maximum absolute atomic E-state index is 11.3. The number of carboxylic acid groups (broad SMARTS) is 1. The quantitative estimate of drug-likeness (QED) is 0.907. The number of carbonyl (C=O) groups is 1. The van der Waals surface area contributed by atoms with Gasteiger partial charge in [0.1, 0.15) is 6.04 Å². The molecule has 4 heteroatoms. The molecule has 0 bridgehead atoms. The van der Waals surface area contributed by atoms with Crippen molar-refractivity contribution in [1.29, 1.82) is 0 Å². The Labute approximate surface area is 130 Å². The summed E-state index contributed by atoms with van der Waals surface area (Å²) in [5.41, 5.74) is 2.39. The molecule has 1 atom stereocenters. The van der Waals surface area contributed by atoms with Crippen LogP contribution >= 0.6 is 0 Å². The van der Waals surface area contributed by atoms with Crippen LogP contribution in [-0.2, 0) is 4.79 Å². The zero-order valence-corrected chi connectivity index (χ0v) is 12.4. The number of carboxylic acids is 1. The Morgan fingerprint density at radius 2 is 1.59 bits per heavy atom. The van der Waals surface area contributed by atoms with Crippen LogP contribution in [0.25, 0.3) is 0 Å². The molecule has 1 saturated heterocycles. The van der Waals surface area contributed by atoms with Crippen molar-refractivity contribution >= 4 is 5.97 Å². The van der Waals surface area contributed by atoms with E-state index in [4.69, 9.17) is 0 Å². The molecule has 1 heterocycles. The highest BCUT2D eigenvalue weighted by molar-refractivity contribution is 5.73. The Morgan fingerprint density at radius 1 is 1.05 bits per heavy atom. The molecule has 2 aromatic carbocycles. The normalized spacial score (nSPS) is 19.2. The van der Waals surface area contributed by atoms with Gasteiger partial charge in [-0.05, 0) is 11.1 Å². The number of nitrogens with zero attached hydrogens (tertiary/aromatic N) is 1. The monoisotopic (exact) mass is 296 g/mol. The fraction of sp³-hybridized carbons (Fsp3) is 0.278. The lowest BCUT2D eigenvalue weighted by atomic mass is 9.96.